The van der Waals surface area contributed by atoms with Crippen LogP contribution < -0.4 is 4.72 Å². The summed E-state index contributed by atoms with van der Waals surface area (Å²) in [7, 11) is 0. The molecule has 5 nitrogen and oxygen atoms in total. The third-order valence-electron chi connectivity index (χ3n) is 3.93. The molecule has 24 heavy (non-hydrogen) atoms. The van der Waals surface area contributed by atoms with Crippen LogP contribution in [0.4, 0.5) is 0 Å². The second-order valence-corrected chi connectivity index (χ2v) is 6.97. The number of hydrogen-bond acceptors (Lipinski definition) is 5. The van der Waals surface area contributed by atoms with Gasteiger partial charge in [-0.15, -0.1) is 0 Å². The lowest BCUT2D eigenvalue weighted by Gasteiger charge is -2.17. The smallest absolute Gasteiger partial charge is 0.354 e. The molecule has 3 N–H and O–H groups in total. The van der Waals surface area contributed by atoms with Crippen molar-refractivity contribution in [2.75, 3.05) is 0 Å². The van der Waals surface area contributed by atoms with Crippen LogP contribution in [0.2, 0.25) is 0 Å². The van der Waals surface area contributed by atoms with Gasteiger partial charge in [0.15, 0.2) is 0 Å². The van der Waals surface area contributed by atoms with Gasteiger partial charge in [0.05, 0.1) is 0 Å². The molecule has 0 bridgehead atoms. The molecule has 0 aliphatic heterocycles. The van der Waals surface area contributed by atoms with E-state index in [1.807, 2.05) is 12.2 Å². The highest BCUT2D eigenvalue weighted by atomic mass is 32.2. The zero-order valence-corrected chi connectivity index (χ0v) is 14.6. The molecule has 2 aliphatic rings. The zero-order valence-electron chi connectivity index (χ0n) is 12.9. The van der Waals surface area contributed by atoms with Gasteiger partial charge in [-0.1, -0.05) is 24.3 Å². The average molecular weight is 362 g/mol. The van der Waals surface area contributed by atoms with Gasteiger partial charge >= 0.3 is 5.97 Å². The highest BCUT2D eigenvalue weighted by molar-refractivity contribution is 8.01. The molecule has 0 atom stereocenters. The van der Waals surface area contributed by atoms with Crippen LogP contribution in [0.1, 0.15) is 41.7 Å². The summed E-state index contributed by atoms with van der Waals surface area (Å²) in [6, 6.07) is 1.73. The molecule has 0 saturated carbocycles. The van der Waals surface area contributed by atoms with Crippen molar-refractivity contribution in [3.63, 3.8) is 0 Å². The minimum Gasteiger partial charge on any atom is -0.477 e. The molecule has 126 valence electrons. The fourth-order valence-corrected chi connectivity index (χ4v) is 3.87. The fourth-order valence-electron chi connectivity index (χ4n) is 2.69. The molecule has 7 heteroatoms. The molecule has 1 aromatic heterocycles. The van der Waals surface area contributed by atoms with Crippen LogP contribution in [-0.2, 0) is 0 Å². The molecule has 2 aliphatic carbocycles. The first kappa shape index (κ1) is 17.0. The minimum absolute atomic E-state index is 0.104. The van der Waals surface area contributed by atoms with Crippen molar-refractivity contribution in [2.45, 2.75) is 25.7 Å². The zero-order chi connectivity index (χ0) is 16.9. The highest BCUT2D eigenvalue weighted by Gasteiger charge is 2.20. The second-order valence-electron chi connectivity index (χ2n) is 5.48. The first-order chi connectivity index (χ1) is 11.7. The molecule has 0 saturated heterocycles. The minimum atomic E-state index is -1.04. The van der Waals surface area contributed by atoms with E-state index in [4.69, 9.17) is 0 Å². The van der Waals surface area contributed by atoms with Gasteiger partial charge in [-0.25, -0.2) is 4.79 Å². The second kappa shape index (κ2) is 7.83. The van der Waals surface area contributed by atoms with E-state index in [1.165, 1.54) is 8.88 Å². The number of carboxylic acids is 1. The number of carbonyl (C=O) groups is 1. The van der Waals surface area contributed by atoms with Gasteiger partial charge in [-0.3, -0.25) is 3.97 Å². The maximum absolute atomic E-state index is 11.4. The number of hydrogen-bond donors (Lipinski definition) is 3. The molecule has 0 radical (unpaired) electrons. The van der Waals surface area contributed by atoms with Gasteiger partial charge in [0.1, 0.15) is 17.9 Å². The maximum Gasteiger partial charge on any atom is 0.354 e. The van der Waals surface area contributed by atoms with Crippen molar-refractivity contribution in [2.24, 2.45) is 0 Å². The molecule has 0 amide bonds. The topological polar surface area (TPSA) is 74.5 Å². The van der Waals surface area contributed by atoms with E-state index >= 15 is 0 Å². The van der Waals surface area contributed by atoms with E-state index in [0.29, 0.717) is 17.8 Å². The number of carboxylic acid groups (broad SMARTS) is 1. The molecular formula is C17H18N2O3S2. The number of rotatable bonds is 6. The van der Waals surface area contributed by atoms with Gasteiger partial charge in [0.25, 0.3) is 0 Å². The predicted molar refractivity (Wildman–Crippen MR) is 99.5 cm³/mol. The van der Waals surface area contributed by atoms with Crippen molar-refractivity contribution >= 4 is 35.7 Å². The summed E-state index contributed by atoms with van der Waals surface area (Å²) in [5.41, 5.74) is 2.86. The van der Waals surface area contributed by atoms with E-state index in [0.717, 1.165) is 37.0 Å². The number of aromatic carboxylic acids is 1. The summed E-state index contributed by atoms with van der Waals surface area (Å²) in [5, 5.41) is 9.36. The molecule has 0 fully saturated rings. The fraction of sp³-hybridized carbons (Fsp3) is 0.235. The van der Waals surface area contributed by atoms with E-state index in [-0.39, 0.29) is 5.69 Å². The third-order valence-corrected chi connectivity index (χ3v) is 5.37. The molecule has 0 unspecified atom stereocenters. The Kier molecular flexibility index (Phi) is 5.55. The summed E-state index contributed by atoms with van der Waals surface area (Å²) in [5.74, 6) is -1.04. The van der Waals surface area contributed by atoms with Gasteiger partial charge in [0.2, 0.25) is 0 Å². The predicted octanol–water partition coefficient (Wildman–Crippen LogP) is 4.69. The normalized spacial score (nSPS) is 17.1. The van der Waals surface area contributed by atoms with Crippen LogP contribution in [0.5, 0.6) is 0 Å². The molecule has 0 spiro atoms. The summed E-state index contributed by atoms with van der Waals surface area (Å²) in [6.45, 7) is 0. The van der Waals surface area contributed by atoms with Crippen molar-refractivity contribution in [1.29, 1.82) is 0 Å². The molecule has 3 rings (SSSR count). The average Bonchev–Trinajstić information content (AvgIpc) is 3.06. The van der Waals surface area contributed by atoms with Crippen LogP contribution in [0.25, 0.3) is 5.57 Å². The van der Waals surface area contributed by atoms with Crippen LogP contribution in [-0.4, -0.2) is 19.6 Å². The van der Waals surface area contributed by atoms with Crippen LogP contribution in [0, 0.1) is 0 Å². The van der Waals surface area contributed by atoms with Gasteiger partial charge in [0, 0.05) is 22.4 Å². The Balaban J connectivity index is 1.71. The third kappa shape index (κ3) is 3.80. The summed E-state index contributed by atoms with van der Waals surface area (Å²) < 4.78 is 13.8. The molecule has 1 heterocycles. The Morgan fingerprint density at radius 3 is 2.71 bits per heavy atom. The van der Waals surface area contributed by atoms with Crippen molar-refractivity contribution in [3.8, 4) is 0 Å². The summed E-state index contributed by atoms with van der Waals surface area (Å²) in [6.07, 6.45) is 15.6. The van der Waals surface area contributed by atoms with Gasteiger partial charge < -0.3 is 14.4 Å². The maximum atomic E-state index is 11.4. The van der Waals surface area contributed by atoms with Crippen molar-refractivity contribution < 1.29 is 14.5 Å². The highest BCUT2D eigenvalue weighted by Crippen LogP contribution is 2.32. The van der Waals surface area contributed by atoms with Gasteiger partial charge in [-0.05, 0) is 55.3 Å². The lowest BCUT2D eigenvalue weighted by molar-refractivity contribution is 0.0689. The molecule has 1 aromatic rings. The van der Waals surface area contributed by atoms with Crippen molar-refractivity contribution in [3.05, 3.63) is 64.5 Å². The number of nitrogens with one attached hydrogen (secondary N) is 1. The monoisotopic (exact) mass is 362 g/mol. The summed E-state index contributed by atoms with van der Waals surface area (Å²) >= 11 is 2.04. The Morgan fingerprint density at radius 2 is 2.08 bits per heavy atom. The Hall–Kier alpha value is -1.83. The van der Waals surface area contributed by atoms with E-state index in [1.54, 1.807) is 24.2 Å². The largest absolute Gasteiger partial charge is 0.477 e. The van der Waals surface area contributed by atoms with Crippen LogP contribution >= 0.6 is 24.2 Å². The Labute approximate surface area is 149 Å². The van der Waals surface area contributed by atoms with Crippen LogP contribution in [0.15, 0.2) is 53.2 Å². The Morgan fingerprint density at radius 1 is 1.21 bits per heavy atom. The lowest BCUT2D eigenvalue weighted by Crippen LogP contribution is -2.09. The standard InChI is InChI=1S/C17H18N2O3S2/c20-17(21)16-15(10-11-19(16)24-22)12-6-8-13(9-7-12)18-23-14-4-2-1-3-5-14/h1-2,4,6,8,10-11,18,22H,3,5,7,9H2,(H,20,21). The molecular weight excluding hydrogens is 344 g/mol. The summed E-state index contributed by atoms with van der Waals surface area (Å²) in [4.78, 5) is 12.7. The number of allylic oxidation sites excluding steroid dienone is 8. The lowest BCUT2D eigenvalue weighted by atomic mass is 9.96. The van der Waals surface area contributed by atoms with Crippen molar-refractivity contribution in [1.82, 2.24) is 8.69 Å². The van der Waals surface area contributed by atoms with E-state index < -0.39 is 5.97 Å². The number of aromatic nitrogens is 1. The first-order valence-corrected chi connectivity index (χ1v) is 9.19. The van der Waals surface area contributed by atoms with E-state index in [2.05, 4.69) is 23.0 Å². The van der Waals surface area contributed by atoms with Gasteiger partial charge in [-0.2, -0.15) is 0 Å². The molecule has 0 aromatic carbocycles. The quantitative estimate of drug-likeness (QED) is 0.504. The first-order valence-electron chi connectivity index (χ1n) is 7.64. The van der Waals surface area contributed by atoms with Crippen LogP contribution in [0.3, 0.4) is 0 Å². The van der Waals surface area contributed by atoms with E-state index in [9.17, 15) is 14.5 Å². The number of nitrogens with zero attached hydrogens (tertiary/aromatic N) is 1. The Bertz CT molecular complexity index is 760. The SMILES string of the molecule is O=C(O)c1c(C2=CC=C(NSC3=CC=CCC3)CC2)ccn1SO.